The van der Waals surface area contributed by atoms with Gasteiger partial charge >= 0.3 is 5.97 Å². The fraction of sp³-hybridized carbons (Fsp3) is 0.417. The van der Waals surface area contributed by atoms with E-state index in [9.17, 15) is 13.2 Å². The fourth-order valence-electron chi connectivity index (χ4n) is 1.83. The average molecular weight is 384 g/mol. The highest BCUT2D eigenvalue weighted by Gasteiger charge is 2.24. The second-order valence-electron chi connectivity index (χ2n) is 4.41. The normalized spacial score (nSPS) is 19.1. The molecule has 1 heterocycles. The summed E-state index contributed by atoms with van der Waals surface area (Å²) in [7, 11) is 1.39. The van der Waals surface area contributed by atoms with Crippen LogP contribution in [0.25, 0.3) is 0 Å². The molecule has 0 bridgehead atoms. The number of ether oxygens (including phenoxy) is 2. The molecular formula is C12H12BrClO5S. The molecule has 1 atom stereocenters. The molecule has 0 N–H and O–H groups in total. The third-order valence-corrected chi connectivity index (χ3v) is 5.14. The first kappa shape index (κ1) is 15.8. The van der Waals surface area contributed by atoms with Gasteiger partial charge in [-0.25, -0.2) is 13.2 Å². The van der Waals surface area contributed by atoms with Crippen molar-refractivity contribution in [2.24, 2.45) is 0 Å². The molecule has 5 nitrogen and oxygen atoms in total. The number of carbonyl (C=O) groups excluding carboxylic acids is 1. The Labute approximate surface area is 129 Å². The molecule has 0 radical (unpaired) electrons. The molecule has 0 spiro atoms. The number of rotatable bonds is 3. The highest BCUT2D eigenvalue weighted by molar-refractivity contribution is 9.10. The predicted molar refractivity (Wildman–Crippen MR) is 76.6 cm³/mol. The minimum Gasteiger partial charge on any atom is -0.456 e. The van der Waals surface area contributed by atoms with Gasteiger partial charge in [-0.1, -0.05) is 15.9 Å². The summed E-state index contributed by atoms with van der Waals surface area (Å²) in [4.78, 5) is 12.0. The summed E-state index contributed by atoms with van der Waals surface area (Å²) in [5, 5.41) is 0. The van der Waals surface area contributed by atoms with Crippen LogP contribution in [0.3, 0.4) is 0 Å². The van der Waals surface area contributed by atoms with Crippen LogP contribution < -0.4 is 0 Å². The molecule has 1 fully saturated rings. The minimum absolute atomic E-state index is 0.147. The average Bonchev–Trinajstić information content (AvgIpc) is 2.83. The minimum atomic E-state index is -3.92. The Morgan fingerprint density at radius 2 is 2.20 bits per heavy atom. The van der Waals surface area contributed by atoms with Crippen molar-refractivity contribution in [2.45, 2.75) is 24.3 Å². The van der Waals surface area contributed by atoms with Gasteiger partial charge in [0.1, 0.15) is 6.10 Å². The summed E-state index contributed by atoms with van der Waals surface area (Å²) < 4.78 is 33.7. The quantitative estimate of drug-likeness (QED) is 0.593. The van der Waals surface area contributed by atoms with Crippen molar-refractivity contribution < 1.29 is 22.7 Å². The van der Waals surface area contributed by atoms with Crippen LogP contribution in [0.15, 0.2) is 21.5 Å². The molecule has 0 saturated carbocycles. The van der Waals surface area contributed by atoms with Gasteiger partial charge in [0, 0.05) is 21.6 Å². The summed E-state index contributed by atoms with van der Waals surface area (Å²) in [5.41, 5.74) is 0.767. The van der Waals surface area contributed by atoms with E-state index in [0.717, 1.165) is 0 Å². The molecule has 20 heavy (non-hydrogen) atoms. The lowest BCUT2D eigenvalue weighted by atomic mass is 10.1. The molecule has 1 aromatic carbocycles. The number of hydrogen-bond donors (Lipinski definition) is 0. The Morgan fingerprint density at radius 3 is 2.75 bits per heavy atom. The smallest absolute Gasteiger partial charge is 0.338 e. The van der Waals surface area contributed by atoms with Crippen molar-refractivity contribution in [3.8, 4) is 0 Å². The Kier molecular flexibility index (Phi) is 4.73. The summed E-state index contributed by atoms with van der Waals surface area (Å²) in [5.74, 6) is -0.583. The lowest BCUT2D eigenvalue weighted by molar-refractivity contribution is 0.0269. The lowest BCUT2D eigenvalue weighted by Crippen LogP contribution is -2.19. The highest BCUT2D eigenvalue weighted by atomic mass is 79.9. The predicted octanol–water partition coefficient (Wildman–Crippen LogP) is 2.63. The van der Waals surface area contributed by atoms with Gasteiger partial charge in [0.2, 0.25) is 0 Å². The number of halogens is 2. The van der Waals surface area contributed by atoms with Gasteiger partial charge in [0.05, 0.1) is 23.7 Å². The van der Waals surface area contributed by atoms with Crippen LogP contribution in [0.2, 0.25) is 0 Å². The lowest BCUT2D eigenvalue weighted by Gasteiger charge is -2.13. The van der Waals surface area contributed by atoms with Gasteiger partial charge in [0.15, 0.2) is 0 Å². The number of carbonyl (C=O) groups is 1. The van der Waals surface area contributed by atoms with Crippen LogP contribution in [0, 0.1) is 6.92 Å². The van der Waals surface area contributed by atoms with Gasteiger partial charge in [-0.15, -0.1) is 0 Å². The zero-order valence-corrected chi connectivity index (χ0v) is 13.7. The highest BCUT2D eigenvalue weighted by Crippen LogP contribution is 2.27. The fourth-order valence-corrected chi connectivity index (χ4v) is 3.22. The molecule has 1 aliphatic rings. The van der Waals surface area contributed by atoms with E-state index >= 15 is 0 Å². The topological polar surface area (TPSA) is 69.7 Å². The van der Waals surface area contributed by atoms with Gasteiger partial charge in [-0.2, -0.15) is 0 Å². The van der Waals surface area contributed by atoms with Crippen LogP contribution >= 0.6 is 26.6 Å². The maximum Gasteiger partial charge on any atom is 0.338 e. The molecule has 1 saturated heterocycles. The first-order chi connectivity index (χ1) is 9.29. The molecule has 1 aromatic rings. The molecule has 0 amide bonds. The summed E-state index contributed by atoms with van der Waals surface area (Å²) >= 11 is 3.21. The van der Waals surface area contributed by atoms with Crippen LogP contribution in [0.5, 0.6) is 0 Å². The van der Waals surface area contributed by atoms with Crippen LogP contribution in [-0.4, -0.2) is 33.7 Å². The third-order valence-electron chi connectivity index (χ3n) is 2.98. The Bertz CT molecular complexity index is 637. The molecular weight excluding hydrogens is 372 g/mol. The summed E-state index contributed by atoms with van der Waals surface area (Å²) in [6.45, 7) is 2.60. The standard InChI is InChI=1S/C12H12BrClO5S/c1-7-10(12(15)19-8-2-3-18-6-8)4-9(5-11(7)13)20(14,16)17/h4-5,8H,2-3,6H2,1H3. The SMILES string of the molecule is Cc1c(Br)cc(S(=O)(=O)Cl)cc1C(=O)OC1CCOC1. The summed E-state index contributed by atoms with van der Waals surface area (Å²) in [6, 6.07) is 2.58. The van der Waals surface area contributed by atoms with Crippen LogP contribution in [-0.2, 0) is 18.5 Å². The van der Waals surface area contributed by atoms with E-state index in [1.165, 1.54) is 12.1 Å². The molecule has 0 aromatic heterocycles. The van der Waals surface area contributed by atoms with E-state index in [1.54, 1.807) is 6.92 Å². The number of benzene rings is 1. The Balaban J connectivity index is 2.34. The zero-order valence-electron chi connectivity index (χ0n) is 10.6. The first-order valence-electron chi connectivity index (χ1n) is 5.82. The molecule has 1 unspecified atom stereocenters. The molecule has 0 aliphatic carbocycles. The van der Waals surface area contributed by atoms with E-state index in [0.29, 0.717) is 29.7 Å². The molecule has 2 rings (SSSR count). The van der Waals surface area contributed by atoms with Crippen molar-refractivity contribution in [1.82, 2.24) is 0 Å². The largest absolute Gasteiger partial charge is 0.456 e. The zero-order chi connectivity index (χ0) is 14.9. The van der Waals surface area contributed by atoms with Crippen molar-refractivity contribution in [1.29, 1.82) is 0 Å². The Morgan fingerprint density at radius 1 is 1.50 bits per heavy atom. The molecule has 1 aliphatic heterocycles. The van der Waals surface area contributed by atoms with Crippen molar-refractivity contribution in [3.63, 3.8) is 0 Å². The van der Waals surface area contributed by atoms with Crippen LogP contribution in [0.1, 0.15) is 22.3 Å². The van der Waals surface area contributed by atoms with Crippen molar-refractivity contribution >= 4 is 41.6 Å². The van der Waals surface area contributed by atoms with Crippen LogP contribution in [0.4, 0.5) is 0 Å². The van der Waals surface area contributed by atoms with E-state index in [-0.39, 0.29) is 16.6 Å². The van der Waals surface area contributed by atoms with Crippen molar-refractivity contribution in [2.75, 3.05) is 13.2 Å². The number of hydrogen-bond acceptors (Lipinski definition) is 5. The van der Waals surface area contributed by atoms with Crippen molar-refractivity contribution in [3.05, 3.63) is 27.7 Å². The monoisotopic (exact) mass is 382 g/mol. The van der Waals surface area contributed by atoms with E-state index in [1.807, 2.05) is 0 Å². The van der Waals surface area contributed by atoms with Gasteiger partial charge in [-0.05, 0) is 24.6 Å². The summed E-state index contributed by atoms with van der Waals surface area (Å²) in [6.07, 6.45) is 0.344. The van der Waals surface area contributed by atoms with E-state index < -0.39 is 15.0 Å². The van der Waals surface area contributed by atoms with Gasteiger partial charge in [0.25, 0.3) is 9.05 Å². The second-order valence-corrected chi connectivity index (χ2v) is 7.83. The van der Waals surface area contributed by atoms with Gasteiger partial charge in [-0.3, -0.25) is 0 Å². The molecule has 110 valence electrons. The maximum absolute atomic E-state index is 12.1. The second kappa shape index (κ2) is 6.01. The third kappa shape index (κ3) is 3.52. The maximum atomic E-state index is 12.1. The van der Waals surface area contributed by atoms with E-state index in [4.69, 9.17) is 20.2 Å². The van der Waals surface area contributed by atoms with Gasteiger partial charge < -0.3 is 9.47 Å². The number of esters is 1. The Hall–Kier alpha value is -0.630. The van der Waals surface area contributed by atoms with E-state index in [2.05, 4.69) is 15.9 Å². The first-order valence-corrected chi connectivity index (χ1v) is 8.93. The molecule has 8 heteroatoms.